The number of rotatable bonds is 3. The lowest BCUT2D eigenvalue weighted by molar-refractivity contribution is -0.192. The van der Waals surface area contributed by atoms with Gasteiger partial charge in [-0.2, -0.15) is 17.5 Å². The maximum absolute atomic E-state index is 13.1. The van der Waals surface area contributed by atoms with Crippen LogP contribution in [0.3, 0.4) is 0 Å². The fraction of sp³-hybridized carbons (Fsp3) is 0.522. The molecule has 2 fully saturated rings. The van der Waals surface area contributed by atoms with Crippen molar-refractivity contribution in [3.8, 4) is 0 Å². The van der Waals surface area contributed by atoms with Crippen LogP contribution in [0, 0.1) is 0 Å². The molecule has 1 aromatic carbocycles. The van der Waals surface area contributed by atoms with E-state index in [0.29, 0.717) is 58.8 Å². The first-order chi connectivity index (χ1) is 17.9. The number of aromatic nitrogens is 2. The number of hydrogen-bond acceptors (Lipinski definition) is 7. The van der Waals surface area contributed by atoms with E-state index in [-0.39, 0.29) is 10.8 Å². The van der Waals surface area contributed by atoms with Crippen molar-refractivity contribution in [2.45, 2.75) is 42.2 Å². The van der Waals surface area contributed by atoms with Crippen LogP contribution in [-0.2, 0) is 41.2 Å². The van der Waals surface area contributed by atoms with E-state index in [1.165, 1.54) is 4.31 Å². The smallest absolute Gasteiger partial charge is 0.475 e. The topological polar surface area (TPSA) is 131 Å². The monoisotopic (exact) mass is 560 g/mol. The first-order valence-electron chi connectivity index (χ1n) is 11.9. The van der Waals surface area contributed by atoms with Gasteiger partial charge in [0.15, 0.2) is 6.10 Å². The lowest BCUT2D eigenvalue weighted by Crippen LogP contribution is -2.56. The van der Waals surface area contributed by atoms with Gasteiger partial charge in [-0.3, -0.25) is 4.79 Å². The molecule has 3 aliphatic heterocycles. The van der Waals surface area contributed by atoms with Crippen molar-refractivity contribution in [2.75, 3.05) is 39.4 Å². The van der Waals surface area contributed by atoms with E-state index in [9.17, 15) is 26.4 Å². The molecule has 5 rings (SSSR count). The molecule has 1 aromatic heterocycles. The van der Waals surface area contributed by atoms with Gasteiger partial charge in [0.1, 0.15) is 11.4 Å². The summed E-state index contributed by atoms with van der Waals surface area (Å²) in [5, 5.41) is 7.12. The lowest BCUT2D eigenvalue weighted by atomic mass is 9.89. The minimum atomic E-state index is -5.08. The fourth-order valence-corrected chi connectivity index (χ4v) is 6.15. The number of carboxylic acids is 1. The maximum atomic E-state index is 13.1. The molecular weight excluding hydrogens is 533 g/mol. The van der Waals surface area contributed by atoms with Crippen molar-refractivity contribution in [1.82, 2.24) is 18.8 Å². The number of benzene rings is 1. The van der Waals surface area contributed by atoms with Crippen molar-refractivity contribution in [3.63, 3.8) is 0 Å². The number of imidazole rings is 1. The zero-order chi connectivity index (χ0) is 27.6. The van der Waals surface area contributed by atoms with Gasteiger partial charge in [0.2, 0.25) is 10.0 Å². The van der Waals surface area contributed by atoms with Crippen LogP contribution in [0.15, 0.2) is 47.6 Å². The number of piperidine rings is 1. The van der Waals surface area contributed by atoms with Crippen LogP contribution >= 0.6 is 0 Å². The van der Waals surface area contributed by atoms with E-state index < -0.39 is 33.9 Å². The molecule has 0 bridgehead atoms. The Morgan fingerprint density at radius 3 is 2.24 bits per heavy atom. The first kappa shape index (κ1) is 28.0. The summed E-state index contributed by atoms with van der Waals surface area (Å²) in [5.74, 6) is -2.02. The summed E-state index contributed by atoms with van der Waals surface area (Å²) in [6.07, 6.45) is -1.22. The first-order valence-corrected chi connectivity index (χ1v) is 13.3. The molecule has 15 heteroatoms. The molecule has 1 spiro atoms. The highest BCUT2D eigenvalue weighted by molar-refractivity contribution is 7.89. The second-order valence-electron chi connectivity index (χ2n) is 8.96. The molecule has 11 nitrogen and oxygen atoms in total. The summed E-state index contributed by atoms with van der Waals surface area (Å²) in [4.78, 5) is 28.6. The van der Waals surface area contributed by atoms with Crippen LogP contribution in [-0.4, -0.2) is 95.8 Å². The second-order valence-corrected chi connectivity index (χ2v) is 10.9. The summed E-state index contributed by atoms with van der Waals surface area (Å²) >= 11 is 0. The van der Waals surface area contributed by atoms with E-state index >= 15 is 0 Å². The highest BCUT2D eigenvalue weighted by Gasteiger charge is 2.49. The number of carbonyl (C=O) groups is 2. The van der Waals surface area contributed by atoms with Crippen molar-refractivity contribution < 1.29 is 45.8 Å². The largest absolute Gasteiger partial charge is 0.490 e. The predicted molar refractivity (Wildman–Crippen MR) is 124 cm³/mol. The normalized spacial score (nSPS) is 21.8. The van der Waals surface area contributed by atoms with Crippen molar-refractivity contribution in [3.05, 3.63) is 48.5 Å². The molecule has 3 aliphatic rings. The molecule has 0 aliphatic carbocycles. The average molecular weight is 561 g/mol. The summed E-state index contributed by atoms with van der Waals surface area (Å²) in [7, 11) is -3.57. The number of carboxylic acid groups (broad SMARTS) is 1. The van der Waals surface area contributed by atoms with Gasteiger partial charge < -0.3 is 24.0 Å². The lowest BCUT2D eigenvalue weighted by Gasteiger charge is -2.46. The summed E-state index contributed by atoms with van der Waals surface area (Å²) in [6.45, 7) is 3.22. The fourth-order valence-electron chi connectivity index (χ4n) is 4.68. The van der Waals surface area contributed by atoms with Gasteiger partial charge >= 0.3 is 12.1 Å². The Bertz CT molecular complexity index is 1240. The summed E-state index contributed by atoms with van der Waals surface area (Å²) in [5.41, 5.74) is -0.767. The number of carbonyl (C=O) groups excluding carboxylic acids is 1. The number of aliphatic carboxylic acids is 1. The van der Waals surface area contributed by atoms with Gasteiger partial charge in [0.25, 0.3) is 5.91 Å². The summed E-state index contributed by atoms with van der Waals surface area (Å²) < 4.78 is 73.1. The van der Waals surface area contributed by atoms with E-state index in [4.69, 9.17) is 19.4 Å². The zero-order valence-electron chi connectivity index (χ0n) is 20.2. The number of fused-ring (bicyclic) bond motifs is 2. The van der Waals surface area contributed by atoms with E-state index in [1.807, 2.05) is 10.8 Å². The minimum Gasteiger partial charge on any atom is -0.475 e. The van der Waals surface area contributed by atoms with Gasteiger partial charge in [0.05, 0.1) is 24.7 Å². The minimum absolute atomic E-state index is 0.0404. The Balaban J connectivity index is 0.000000426. The molecule has 208 valence electrons. The number of alkyl halides is 3. The van der Waals surface area contributed by atoms with Gasteiger partial charge in [-0.15, -0.1) is 0 Å². The summed E-state index contributed by atoms with van der Waals surface area (Å²) in [6, 6.07) is 8.47. The third kappa shape index (κ3) is 5.85. The Morgan fingerprint density at radius 2 is 1.66 bits per heavy atom. The van der Waals surface area contributed by atoms with Gasteiger partial charge in [0, 0.05) is 38.6 Å². The van der Waals surface area contributed by atoms with Crippen molar-refractivity contribution in [1.29, 1.82) is 0 Å². The van der Waals surface area contributed by atoms with Crippen LogP contribution in [0.1, 0.15) is 18.7 Å². The van der Waals surface area contributed by atoms with Crippen LogP contribution < -0.4 is 0 Å². The highest BCUT2D eigenvalue weighted by atomic mass is 32.2. The quantitative estimate of drug-likeness (QED) is 0.597. The number of hydrogen-bond donors (Lipinski definition) is 1. The van der Waals surface area contributed by atoms with Crippen LogP contribution in [0.5, 0.6) is 0 Å². The molecule has 2 saturated heterocycles. The molecule has 2 aromatic rings. The number of morpholine rings is 1. The molecule has 4 heterocycles. The molecule has 1 N–H and O–H groups in total. The third-order valence-corrected chi connectivity index (χ3v) is 8.52. The molecule has 38 heavy (non-hydrogen) atoms. The molecule has 1 unspecified atom stereocenters. The van der Waals surface area contributed by atoms with Gasteiger partial charge in [-0.05, 0) is 25.0 Å². The second kappa shape index (κ2) is 11.0. The van der Waals surface area contributed by atoms with Crippen LogP contribution in [0.2, 0.25) is 0 Å². The zero-order valence-corrected chi connectivity index (χ0v) is 21.0. The molecule has 0 saturated carbocycles. The van der Waals surface area contributed by atoms with E-state index in [0.717, 1.165) is 5.82 Å². The molecule has 1 amide bonds. The molecule has 1 atom stereocenters. The van der Waals surface area contributed by atoms with E-state index in [1.54, 1.807) is 41.4 Å². The Morgan fingerprint density at radius 1 is 1.05 bits per heavy atom. The average Bonchev–Trinajstić information content (AvgIpc) is 3.39. The van der Waals surface area contributed by atoms with Crippen LogP contribution in [0.4, 0.5) is 13.2 Å². The number of sulfonamides is 1. The third-order valence-electron chi connectivity index (χ3n) is 6.61. The Hall–Kier alpha value is -3.01. The van der Waals surface area contributed by atoms with Crippen molar-refractivity contribution >= 4 is 21.9 Å². The number of halogens is 3. The van der Waals surface area contributed by atoms with E-state index in [2.05, 4.69) is 4.98 Å². The maximum Gasteiger partial charge on any atom is 0.490 e. The van der Waals surface area contributed by atoms with Gasteiger partial charge in [-0.1, -0.05) is 18.2 Å². The van der Waals surface area contributed by atoms with Gasteiger partial charge in [-0.25, -0.2) is 18.2 Å². The Labute approximate surface area is 216 Å². The van der Waals surface area contributed by atoms with Crippen LogP contribution in [0.25, 0.3) is 0 Å². The highest BCUT2D eigenvalue weighted by Crippen LogP contribution is 2.41. The predicted octanol–water partition coefficient (Wildman–Crippen LogP) is 1.45. The molecular formula is C23H27F3N4O7S. The Kier molecular flexibility index (Phi) is 8.11. The number of ether oxygens (including phenoxy) is 2. The number of amides is 1. The standard InChI is InChI=1S/C21H26N4O5S.C2HF3O2/c26-19(23-12-14-29-15-13-23)18-16-24-11-8-22-20(24)21(30-18)6-9-25(10-7-21)31(27,28)17-4-2-1-3-5-17;3-2(4,5)1(6)7/h1-5,8,11,18H,6-7,9-10,12-16H2;(H,6,7). The molecule has 0 radical (unpaired) electrons. The van der Waals surface area contributed by atoms with Crippen molar-refractivity contribution in [2.24, 2.45) is 0 Å². The number of nitrogens with zero attached hydrogens (tertiary/aromatic N) is 4. The SMILES string of the molecule is O=C(C1Cn2ccnc2C2(CCN(S(=O)(=O)c3ccccc3)CC2)O1)N1CCOCC1.O=C(O)C(F)(F)F.